The van der Waals surface area contributed by atoms with Gasteiger partial charge in [-0.2, -0.15) is 0 Å². The third-order valence-electron chi connectivity index (χ3n) is 3.27. The highest BCUT2D eigenvalue weighted by molar-refractivity contribution is 4.87. The van der Waals surface area contributed by atoms with E-state index in [4.69, 9.17) is 4.74 Å². The minimum absolute atomic E-state index is 0.486. The van der Waals surface area contributed by atoms with Crippen molar-refractivity contribution in [2.45, 2.75) is 20.8 Å². The van der Waals surface area contributed by atoms with E-state index < -0.39 is 0 Å². The third-order valence-corrected chi connectivity index (χ3v) is 3.27. The van der Waals surface area contributed by atoms with Crippen molar-refractivity contribution in [3.05, 3.63) is 0 Å². The van der Waals surface area contributed by atoms with E-state index in [1.54, 1.807) is 7.11 Å². The lowest BCUT2D eigenvalue weighted by molar-refractivity contribution is 0.0257. The Balaban J connectivity index is 1.94. The van der Waals surface area contributed by atoms with E-state index in [0.29, 0.717) is 5.41 Å². The quantitative estimate of drug-likeness (QED) is 0.672. The lowest BCUT2D eigenvalue weighted by Crippen LogP contribution is -2.53. The highest BCUT2D eigenvalue weighted by atomic mass is 16.5. The van der Waals surface area contributed by atoms with Crippen LogP contribution in [0.5, 0.6) is 0 Å². The van der Waals surface area contributed by atoms with Crippen LogP contribution in [0.15, 0.2) is 0 Å². The molecule has 0 spiro atoms. The Labute approximate surface area is 94.2 Å². The van der Waals surface area contributed by atoms with Gasteiger partial charge in [-0.1, -0.05) is 20.8 Å². The number of ether oxygens (including phenoxy) is 1. The largest absolute Gasteiger partial charge is 0.383 e. The smallest absolute Gasteiger partial charge is 0.0587 e. The van der Waals surface area contributed by atoms with Crippen LogP contribution in [0.4, 0.5) is 0 Å². The van der Waals surface area contributed by atoms with Crippen LogP contribution in [0.2, 0.25) is 0 Å². The Morgan fingerprint density at radius 1 is 1.27 bits per heavy atom. The van der Waals surface area contributed by atoms with Crippen molar-refractivity contribution in [3.8, 4) is 0 Å². The number of rotatable bonds is 6. The molecule has 90 valence electrons. The SMILES string of the molecule is COCCNCCN1CC(C(C)(C)C)C1. The lowest BCUT2D eigenvalue weighted by atomic mass is 9.76. The zero-order chi connectivity index (χ0) is 11.3. The van der Waals surface area contributed by atoms with Crippen molar-refractivity contribution in [2.75, 3.05) is 46.4 Å². The summed E-state index contributed by atoms with van der Waals surface area (Å²) in [6.07, 6.45) is 0. The van der Waals surface area contributed by atoms with Gasteiger partial charge in [0.2, 0.25) is 0 Å². The highest BCUT2D eigenvalue weighted by Crippen LogP contribution is 2.32. The van der Waals surface area contributed by atoms with Gasteiger partial charge in [0.15, 0.2) is 0 Å². The monoisotopic (exact) mass is 214 g/mol. The second kappa shape index (κ2) is 5.83. The fourth-order valence-corrected chi connectivity index (χ4v) is 1.84. The summed E-state index contributed by atoms with van der Waals surface area (Å²) < 4.78 is 4.97. The summed E-state index contributed by atoms with van der Waals surface area (Å²) in [7, 11) is 1.74. The number of hydrogen-bond donors (Lipinski definition) is 1. The van der Waals surface area contributed by atoms with Crippen molar-refractivity contribution in [3.63, 3.8) is 0 Å². The molecule has 1 aliphatic heterocycles. The van der Waals surface area contributed by atoms with Crippen LogP contribution in [0.3, 0.4) is 0 Å². The minimum atomic E-state index is 0.486. The lowest BCUT2D eigenvalue weighted by Gasteiger charge is -2.46. The van der Waals surface area contributed by atoms with Gasteiger partial charge in [-0.3, -0.25) is 0 Å². The van der Waals surface area contributed by atoms with Gasteiger partial charge in [0.05, 0.1) is 6.61 Å². The molecule has 0 atom stereocenters. The Kier molecular flexibility index (Phi) is 5.03. The average Bonchev–Trinajstić information content (AvgIpc) is 2.05. The second-order valence-corrected chi connectivity index (χ2v) is 5.57. The summed E-state index contributed by atoms with van der Waals surface area (Å²) in [5.41, 5.74) is 0.486. The molecular formula is C12H26N2O. The normalized spacial score (nSPS) is 19.2. The molecule has 0 aromatic rings. The van der Waals surface area contributed by atoms with Crippen molar-refractivity contribution >= 4 is 0 Å². The van der Waals surface area contributed by atoms with E-state index in [-0.39, 0.29) is 0 Å². The molecule has 0 aromatic carbocycles. The van der Waals surface area contributed by atoms with Gasteiger partial charge in [0, 0.05) is 39.8 Å². The topological polar surface area (TPSA) is 24.5 Å². The zero-order valence-electron chi connectivity index (χ0n) is 10.7. The standard InChI is InChI=1S/C12H26N2O/c1-12(2,3)11-9-14(10-11)7-5-13-6-8-15-4/h11,13H,5-10H2,1-4H3. The molecule has 1 fully saturated rings. The molecule has 0 bridgehead atoms. The molecular weight excluding hydrogens is 188 g/mol. The summed E-state index contributed by atoms with van der Waals surface area (Å²) in [4.78, 5) is 2.52. The molecule has 0 radical (unpaired) electrons. The number of nitrogens with zero attached hydrogens (tertiary/aromatic N) is 1. The van der Waals surface area contributed by atoms with Gasteiger partial charge in [0.1, 0.15) is 0 Å². The van der Waals surface area contributed by atoms with Crippen molar-refractivity contribution in [1.29, 1.82) is 0 Å². The van der Waals surface area contributed by atoms with Crippen LogP contribution >= 0.6 is 0 Å². The first-order chi connectivity index (χ1) is 7.04. The molecule has 1 saturated heterocycles. The fourth-order valence-electron chi connectivity index (χ4n) is 1.84. The molecule has 1 rings (SSSR count). The molecule has 3 heteroatoms. The second-order valence-electron chi connectivity index (χ2n) is 5.57. The molecule has 0 amide bonds. The van der Waals surface area contributed by atoms with Crippen LogP contribution in [-0.2, 0) is 4.74 Å². The van der Waals surface area contributed by atoms with Crippen molar-refractivity contribution < 1.29 is 4.74 Å². The van der Waals surface area contributed by atoms with Crippen molar-refractivity contribution in [2.24, 2.45) is 11.3 Å². The van der Waals surface area contributed by atoms with Crippen LogP contribution in [0, 0.1) is 11.3 Å². The molecule has 0 unspecified atom stereocenters. The van der Waals surface area contributed by atoms with Gasteiger partial charge >= 0.3 is 0 Å². The van der Waals surface area contributed by atoms with Crippen molar-refractivity contribution in [1.82, 2.24) is 10.2 Å². The number of likely N-dealkylation sites (tertiary alicyclic amines) is 1. The van der Waals surface area contributed by atoms with E-state index in [1.165, 1.54) is 19.6 Å². The molecule has 15 heavy (non-hydrogen) atoms. The summed E-state index contributed by atoms with van der Waals surface area (Å²) in [6.45, 7) is 13.6. The van der Waals surface area contributed by atoms with E-state index in [9.17, 15) is 0 Å². The molecule has 0 saturated carbocycles. The molecule has 0 aliphatic carbocycles. The molecule has 0 aromatic heterocycles. The first-order valence-corrected chi connectivity index (χ1v) is 5.96. The zero-order valence-corrected chi connectivity index (χ0v) is 10.7. The van der Waals surface area contributed by atoms with Gasteiger partial charge in [-0.25, -0.2) is 0 Å². The van der Waals surface area contributed by atoms with Crippen LogP contribution in [0.25, 0.3) is 0 Å². The fraction of sp³-hybridized carbons (Fsp3) is 1.00. The van der Waals surface area contributed by atoms with E-state index >= 15 is 0 Å². The Morgan fingerprint density at radius 2 is 1.93 bits per heavy atom. The first-order valence-electron chi connectivity index (χ1n) is 5.96. The van der Waals surface area contributed by atoms with Crippen LogP contribution < -0.4 is 5.32 Å². The third kappa shape index (κ3) is 4.49. The molecule has 1 heterocycles. The maximum Gasteiger partial charge on any atom is 0.0587 e. The maximum absolute atomic E-state index is 4.97. The molecule has 3 nitrogen and oxygen atoms in total. The first kappa shape index (κ1) is 12.9. The predicted molar refractivity (Wildman–Crippen MR) is 64.1 cm³/mol. The number of methoxy groups -OCH3 is 1. The van der Waals surface area contributed by atoms with Gasteiger partial charge in [0.25, 0.3) is 0 Å². The summed E-state index contributed by atoms with van der Waals surface area (Å²) >= 11 is 0. The van der Waals surface area contributed by atoms with Crippen LogP contribution in [0.1, 0.15) is 20.8 Å². The number of hydrogen-bond acceptors (Lipinski definition) is 3. The minimum Gasteiger partial charge on any atom is -0.383 e. The predicted octanol–water partition coefficient (Wildman–Crippen LogP) is 1.20. The number of nitrogens with one attached hydrogen (secondary N) is 1. The average molecular weight is 214 g/mol. The van der Waals surface area contributed by atoms with Gasteiger partial charge in [-0.15, -0.1) is 0 Å². The Morgan fingerprint density at radius 3 is 2.47 bits per heavy atom. The molecule has 1 aliphatic rings. The Hall–Kier alpha value is -0.120. The van der Waals surface area contributed by atoms with E-state index in [0.717, 1.165) is 25.6 Å². The van der Waals surface area contributed by atoms with Gasteiger partial charge < -0.3 is 15.0 Å². The van der Waals surface area contributed by atoms with Crippen LogP contribution in [-0.4, -0.2) is 51.3 Å². The maximum atomic E-state index is 4.97. The molecule has 1 N–H and O–H groups in total. The Bertz CT molecular complexity index is 171. The summed E-state index contributed by atoms with van der Waals surface area (Å²) in [5, 5.41) is 3.37. The summed E-state index contributed by atoms with van der Waals surface area (Å²) in [5.74, 6) is 0.886. The van der Waals surface area contributed by atoms with E-state index in [1.807, 2.05) is 0 Å². The van der Waals surface area contributed by atoms with Gasteiger partial charge in [-0.05, 0) is 11.3 Å². The highest BCUT2D eigenvalue weighted by Gasteiger charge is 2.34. The van der Waals surface area contributed by atoms with E-state index in [2.05, 4.69) is 31.0 Å². The summed E-state index contributed by atoms with van der Waals surface area (Å²) in [6, 6.07) is 0.